The van der Waals surface area contributed by atoms with Gasteiger partial charge in [-0.15, -0.1) is 0 Å². The number of hydrazone groups is 1. The van der Waals surface area contributed by atoms with Crippen LogP contribution in [-0.4, -0.2) is 25.5 Å². The Morgan fingerprint density at radius 1 is 0.674 bits per heavy atom. The molecule has 7 aromatic rings. The van der Waals surface area contributed by atoms with E-state index in [4.69, 9.17) is 31.8 Å². The van der Waals surface area contributed by atoms with Crippen LogP contribution in [0.4, 0.5) is 5.95 Å². The second kappa shape index (κ2) is 11.7. The van der Waals surface area contributed by atoms with Crippen molar-refractivity contribution in [3.05, 3.63) is 161 Å². The highest BCUT2D eigenvalue weighted by molar-refractivity contribution is 6.31. The second-order valence-electron chi connectivity index (χ2n) is 11.5. The van der Waals surface area contributed by atoms with Crippen LogP contribution in [-0.2, 0) is 0 Å². The van der Waals surface area contributed by atoms with Crippen molar-refractivity contribution in [1.82, 2.24) is 19.7 Å². The van der Waals surface area contributed by atoms with Crippen molar-refractivity contribution in [3.8, 4) is 28.2 Å². The van der Waals surface area contributed by atoms with E-state index in [1.807, 2.05) is 82.5 Å². The summed E-state index contributed by atoms with van der Waals surface area (Å²) in [4.78, 5) is 10.3. The molecule has 6 nitrogen and oxygen atoms in total. The molecule has 0 radical (unpaired) electrons. The molecule has 0 unspecified atom stereocenters. The Kier molecular flexibility index (Phi) is 7.12. The van der Waals surface area contributed by atoms with E-state index in [0.717, 1.165) is 55.9 Å². The Hall–Kier alpha value is -5.59. The van der Waals surface area contributed by atoms with Crippen LogP contribution >= 0.6 is 11.6 Å². The molecule has 0 aliphatic carbocycles. The van der Waals surface area contributed by atoms with Crippen molar-refractivity contribution in [2.45, 2.75) is 19.4 Å². The second-order valence-corrected chi connectivity index (χ2v) is 11.9. The molecule has 1 atom stereocenters. The SMILES string of the molecule is Cc1ccc(-c2nn(-c3ccccc3)cc2[C@@H]2CC(c3ccccc3)=NN2c2nc(-c3ccccc3)c3cc(Cl)ccc3n2)cc1. The number of fused-ring (bicyclic) bond motifs is 1. The maximum Gasteiger partial charge on any atom is 0.247 e. The molecule has 0 fully saturated rings. The van der Waals surface area contributed by atoms with Crippen LogP contribution in [0.5, 0.6) is 0 Å². The summed E-state index contributed by atoms with van der Waals surface area (Å²) in [6.07, 6.45) is 2.79. The number of aromatic nitrogens is 4. The molecule has 46 heavy (non-hydrogen) atoms. The molecule has 0 spiro atoms. The maximum absolute atomic E-state index is 6.48. The normalized spacial score (nSPS) is 14.5. The van der Waals surface area contributed by atoms with E-state index in [2.05, 4.69) is 73.8 Å². The van der Waals surface area contributed by atoms with Crippen LogP contribution in [0.1, 0.15) is 29.2 Å². The number of halogens is 1. The fraction of sp³-hybridized carbons (Fsp3) is 0.0769. The van der Waals surface area contributed by atoms with Gasteiger partial charge in [-0.25, -0.2) is 19.7 Å². The first-order valence-corrected chi connectivity index (χ1v) is 15.7. The van der Waals surface area contributed by atoms with E-state index in [-0.39, 0.29) is 6.04 Å². The van der Waals surface area contributed by atoms with Crippen LogP contribution < -0.4 is 5.01 Å². The monoisotopic (exact) mass is 616 g/mol. The standard InChI is InChI=1S/C39H29ClN6/c1-26-17-19-29(20-18-26)38-33(25-45(44-38)31-15-9-4-10-16-31)36-24-35(27-11-5-2-6-12-27)43-46(36)39-41-34-22-21-30(40)23-32(34)37(42-39)28-13-7-3-8-14-28/h2-23,25,36H,24H2,1H3/t36-/m0/s1. The van der Waals surface area contributed by atoms with Gasteiger partial charge in [-0.2, -0.15) is 10.2 Å². The molecule has 2 aromatic heterocycles. The van der Waals surface area contributed by atoms with Gasteiger partial charge in [0.1, 0.15) is 0 Å². The number of nitrogens with zero attached hydrogens (tertiary/aromatic N) is 6. The van der Waals surface area contributed by atoms with E-state index in [1.54, 1.807) is 0 Å². The van der Waals surface area contributed by atoms with Crippen molar-refractivity contribution in [2.24, 2.45) is 5.10 Å². The summed E-state index contributed by atoms with van der Waals surface area (Å²) in [6, 6.07) is 44.8. The number of rotatable bonds is 6. The topological polar surface area (TPSA) is 59.2 Å². The molecule has 1 aliphatic rings. The molecule has 7 heteroatoms. The van der Waals surface area contributed by atoms with E-state index in [9.17, 15) is 0 Å². The first-order chi connectivity index (χ1) is 22.6. The summed E-state index contributed by atoms with van der Waals surface area (Å²) in [5.41, 5.74) is 9.80. The van der Waals surface area contributed by atoms with Crippen molar-refractivity contribution in [2.75, 3.05) is 5.01 Å². The van der Waals surface area contributed by atoms with Crippen molar-refractivity contribution < 1.29 is 0 Å². The minimum absolute atomic E-state index is 0.211. The van der Waals surface area contributed by atoms with Crippen LogP contribution in [0.3, 0.4) is 0 Å². The summed E-state index contributed by atoms with van der Waals surface area (Å²) in [5.74, 6) is 0.520. The summed E-state index contributed by atoms with van der Waals surface area (Å²) in [5, 5.41) is 13.9. The molecular weight excluding hydrogens is 588 g/mol. The molecule has 0 amide bonds. The highest BCUT2D eigenvalue weighted by Gasteiger charge is 2.35. The average molecular weight is 617 g/mol. The molecule has 0 saturated carbocycles. The zero-order chi connectivity index (χ0) is 31.0. The molecule has 3 heterocycles. The Balaban J connectivity index is 1.34. The predicted octanol–water partition coefficient (Wildman–Crippen LogP) is 9.47. The van der Waals surface area contributed by atoms with Gasteiger partial charge in [0, 0.05) is 39.7 Å². The third-order valence-electron chi connectivity index (χ3n) is 8.36. The lowest BCUT2D eigenvalue weighted by molar-refractivity contribution is 0.690. The highest BCUT2D eigenvalue weighted by Crippen LogP contribution is 2.41. The molecule has 0 N–H and O–H groups in total. The van der Waals surface area contributed by atoms with Crippen molar-refractivity contribution in [3.63, 3.8) is 0 Å². The number of hydrogen-bond acceptors (Lipinski definition) is 5. The lowest BCUT2D eigenvalue weighted by Gasteiger charge is -2.23. The number of para-hydroxylation sites is 1. The van der Waals surface area contributed by atoms with E-state index in [1.165, 1.54) is 5.56 Å². The van der Waals surface area contributed by atoms with Gasteiger partial charge in [0.2, 0.25) is 5.95 Å². The summed E-state index contributed by atoms with van der Waals surface area (Å²) in [7, 11) is 0. The summed E-state index contributed by atoms with van der Waals surface area (Å²) >= 11 is 6.48. The smallest absolute Gasteiger partial charge is 0.240 e. The minimum Gasteiger partial charge on any atom is -0.240 e. The quantitative estimate of drug-likeness (QED) is 0.187. The molecule has 8 rings (SSSR count). The molecule has 5 aromatic carbocycles. The van der Waals surface area contributed by atoms with Gasteiger partial charge in [-0.3, -0.25) is 0 Å². The third kappa shape index (κ3) is 5.23. The zero-order valence-corrected chi connectivity index (χ0v) is 25.9. The number of anilines is 1. The van der Waals surface area contributed by atoms with Gasteiger partial charge in [-0.1, -0.05) is 120 Å². The first-order valence-electron chi connectivity index (χ1n) is 15.3. The summed E-state index contributed by atoms with van der Waals surface area (Å²) in [6.45, 7) is 2.10. The fourth-order valence-corrected chi connectivity index (χ4v) is 6.20. The van der Waals surface area contributed by atoms with Crippen LogP contribution in [0.2, 0.25) is 5.02 Å². The number of hydrogen-bond donors (Lipinski definition) is 0. The molecular formula is C39H29ClN6. The highest BCUT2D eigenvalue weighted by atomic mass is 35.5. The fourth-order valence-electron chi connectivity index (χ4n) is 6.03. The average Bonchev–Trinajstić information content (AvgIpc) is 3.75. The first kappa shape index (κ1) is 27.9. The van der Waals surface area contributed by atoms with Gasteiger partial charge in [0.25, 0.3) is 0 Å². The van der Waals surface area contributed by atoms with Gasteiger partial charge in [0.15, 0.2) is 0 Å². The Bertz CT molecular complexity index is 2190. The number of benzene rings is 5. The maximum atomic E-state index is 6.48. The van der Waals surface area contributed by atoms with Crippen LogP contribution in [0, 0.1) is 6.92 Å². The van der Waals surface area contributed by atoms with E-state index >= 15 is 0 Å². The number of aryl methyl sites for hydroxylation is 1. The van der Waals surface area contributed by atoms with Gasteiger partial charge in [-0.05, 0) is 42.8 Å². The van der Waals surface area contributed by atoms with Crippen molar-refractivity contribution in [1.29, 1.82) is 0 Å². The lowest BCUT2D eigenvalue weighted by Crippen LogP contribution is -2.21. The molecule has 0 saturated heterocycles. The molecule has 1 aliphatic heterocycles. The van der Waals surface area contributed by atoms with Crippen LogP contribution in [0.25, 0.3) is 39.1 Å². The molecule has 222 valence electrons. The predicted molar refractivity (Wildman–Crippen MR) is 187 cm³/mol. The van der Waals surface area contributed by atoms with Gasteiger partial charge in [0.05, 0.1) is 34.3 Å². The van der Waals surface area contributed by atoms with E-state index in [0.29, 0.717) is 17.4 Å². The van der Waals surface area contributed by atoms with E-state index < -0.39 is 0 Å². The lowest BCUT2D eigenvalue weighted by atomic mass is 9.96. The Labute approximate surface area is 272 Å². The molecule has 0 bridgehead atoms. The van der Waals surface area contributed by atoms with Crippen molar-refractivity contribution >= 4 is 34.2 Å². The Morgan fingerprint density at radius 3 is 2.04 bits per heavy atom. The minimum atomic E-state index is -0.211. The van der Waals surface area contributed by atoms with Gasteiger partial charge >= 0.3 is 0 Å². The largest absolute Gasteiger partial charge is 0.247 e. The zero-order valence-electron chi connectivity index (χ0n) is 25.1. The van der Waals surface area contributed by atoms with Gasteiger partial charge < -0.3 is 0 Å². The Morgan fingerprint density at radius 2 is 1.33 bits per heavy atom. The third-order valence-corrected chi connectivity index (χ3v) is 8.60. The van der Waals surface area contributed by atoms with Crippen LogP contribution in [0.15, 0.2) is 145 Å². The summed E-state index contributed by atoms with van der Waals surface area (Å²) < 4.78 is 1.96.